The quantitative estimate of drug-likeness (QED) is 0.860. The van der Waals surface area contributed by atoms with E-state index in [1.807, 2.05) is 32.3 Å². The lowest BCUT2D eigenvalue weighted by Gasteiger charge is -2.26. The summed E-state index contributed by atoms with van der Waals surface area (Å²) in [5.41, 5.74) is 1.15. The molecule has 0 saturated carbocycles. The van der Waals surface area contributed by atoms with Crippen LogP contribution in [0.25, 0.3) is 0 Å². The summed E-state index contributed by atoms with van der Waals surface area (Å²) in [5, 5.41) is 9.10. The molecular formula is C13H19NO3. The Labute approximate surface area is 102 Å². The van der Waals surface area contributed by atoms with Crippen molar-refractivity contribution in [1.29, 1.82) is 0 Å². The number of nitrogens with zero attached hydrogens (tertiary/aromatic N) is 1. The van der Waals surface area contributed by atoms with Crippen LogP contribution in [0.1, 0.15) is 18.0 Å². The third-order valence-electron chi connectivity index (χ3n) is 2.98. The normalized spacial score (nSPS) is 16.0. The minimum Gasteiger partial charge on any atom is -0.486 e. The molecule has 4 heteroatoms. The predicted molar refractivity (Wildman–Crippen MR) is 65.6 cm³/mol. The van der Waals surface area contributed by atoms with E-state index in [1.54, 1.807) is 0 Å². The molecule has 0 amide bonds. The van der Waals surface area contributed by atoms with Crippen molar-refractivity contribution in [2.75, 3.05) is 33.9 Å². The lowest BCUT2D eigenvalue weighted by atomic mass is 10.0. The van der Waals surface area contributed by atoms with E-state index >= 15 is 0 Å². The minimum absolute atomic E-state index is 0.178. The molecule has 1 aromatic rings. The van der Waals surface area contributed by atoms with Gasteiger partial charge in [0.15, 0.2) is 11.5 Å². The van der Waals surface area contributed by atoms with Gasteiger partial charge in [-0.15, -0.1) is 0 Å². The van der Waals surface area contributed by atoms with Crippen LogP contribution < -0.4 is 9.47 Å². The van der Waals surface area contributed by atoms with Gasteiger partial charge in [0.05, 0.1) is 0 Å². The van der Waals surface area contributed by atoms with Crippen LogP contribution in [0.5, 0.6) is 11.5 Å². The molecule has 0 saturated heterocycles. The highest BCUT2D eigenvalue weighted by molar-refractivity contribution is 5.44. The first-order chi connectivity index (χ1) is 8.22. The first-order valence-corrected chi connectivity index (χ1v) is 5.89. The van der Waals surface area contributed by atoms with E-state index in [0.717, 1.165) is 17.1 Å². The summed E-state index contributed by atoms with van der Waals surface area (Å²) in [6.45, 7) is 1.39. The fourth-order valence-electron chi connectivity index (χ4n) is 2.11. The molecule has 0 bridgehead atoms. The lowest BCUT2D eigenvalue weighted by Crippen LogP contribution is -2.22. The zero-order valence-electron chi connectivity index (χ0n) is 10.3. The van der Waals surface area contributed by atoms with Crippen molar-refractivity contribution in [3.63, 3.8) is 0 Å². The Morgan fingerprint density at radius 2 is 1.94 bits per heavy atom. The minimum atomic E-state index is 0.178. The second-order valence-electron chi connectivity index (χ2n) is 4.39. The van der Waals surface area contributed by atoms with Crippen LogP contribution in [0.3, 0.4) is 0 Å². The van der Waals surface area contributed by atoms with E-state index in [2.05, 4.69) is 4.90 Å². The van der Waals surface area contributed by atoms with Gasteiger partial charge in [0.2, 0.25) is 0 Å². The predicted octanol–water partition coefficient (Wildman–Crippen LogP) is 1.44. The summed E-state index contributed by atoms with van der Waals surface area (Å²) in [6, 6.07) is 6.19. The molecule has 1 aliphatic heterocycles. The fourth-order valence-corrected chi connectivity index (χ4v) is 2.11. The molecule has 0 fully saturated rings. The monoisotopic (exact) mass is 237 g/mol. The van der Waals surface area contributed by atoms with E-state index in [0.29, 0.717) is 19.6 Å². The maximum Gasteiger partial charge on any atom is 0.161 e. The number of aliphatic hydroxyl groups is 1. The number of ether oxygens (including phenoxy) is 2. The molecule has 17 heavy (non-hydrogen) atoms. The number of fused-ring (bicyclic) bond motifs is 1. The van der Waals surface area contributed by atoms with Crippen LogP contribution in [-0.2, 0) is 0 Å². The van der Waals surface area contributed by atoms with Crippen molar-refractivity contribution in [3.8, 4) is 11.5 Å². The van der Waals surface area contributed by atoms with Crippen LogP contribution in [0.15, 0.2) is 18.2 Å². The van der Waals surface area contributed by atoms with Crippen LogP contribution >= 0.6 is 0 Å². The highest BCUT2D eigenvalue weighted by Crippen LogP contribution is 2.34. The molecular weight excluding hydrogens is 218 g/mol. The molecule has 0 spiro atoms. The average Bonchev–Trinajstić information content (AvgIpc) is 2.35. The molecule has 1 unspecified atom stereocenters. The van der Waals surface area contributed by atoms with E-state index in [9.17, 15) is 0 Å². The fraction of sp³-hybridized carbons (Fsp3) is 0.538. The standard InChI is InChI=1S/C13H19NO3/c1-14(2)11(5-6-15)10-3-4-12-13(9-10)17-8-7-16-12/h3-4,9,11,15H,5-8H2,1-2H3. The molecule has 1 aliphatic rings. The highest BCUT2D eigenvalue weighted by atomic mass is 16.6. The molecule has 1 atom stereocenters. The van der Waals surface area contributed by atoms with E-state index in [4.69, 9.17) is 14.6 Å². The van der Waals surface area contributed by atoms with Gasteiger partial charge < -0.3 is 19.5 Å². The summed E-state index contributed by atoms with van der Waals surface area (Å²) in [7, 11) is 4.02. The second kappa shape index (κ2) is 5.38. The SMILES string of the molecule is CN(C)C(CCO)c1ccc2c(c1)OCCO2. The first kappa shape index (κ1) is 12.2. The Hall–Kier alpha value is -1.26. The van der Waals surface area contributed by atoms with Crippen molar-refractivity contribution in [2.24, 2.45) is 0 Å². The second-order valence-corrected chi connectivity index (χ2v) is 4.39. The Morgan fingerprint density at radius 1 is 1.24 bits per heavy atom. The number of benzene rings is 1. The smallest absolute Gasteiger partial charge is 0.161 e. The highest BCUT2D eigenvalue weighted by Gasteiger charge is 2.18. The molecule has 1 aromatic carbocycles. The van der Waals surface area contributed by atoms with Crippen LogP contribution in [0.4, 0.5) is 0 Å². The number of hydrogen-bond donors (Lipinski definition) is 1. The van der Waals surface area contributed by atoms with Gasteiger partial charge in [-0.2, -0.15) is 0 Å². The molecule has 1 heterocycles. The molecule has 2 rings (SSSR count). The third-order valence-corrected chi connectivity index (χ3v) is 2.98. The Bertz CT molecular complexity index is 379. The summed E-state index contributed by atoms with van der Waals surface area (Å²) < 4.78 is 11.1. The van der Waals surface area contributed by atoms with Gasteiger partial charge in [0.25, 0.3) is 0 Å². The van der Waals surface area contributed by atoms with Gasteiger partial charge in [-0.05, 0) is 38.2 Å². The maximum absolute atomic E-state index is 9.10. The Kier molecular flexibility index (Phi) is 3.86. The number of rotatable bonds is 4. The van der Waals surface area contributed by atoms with Crippen molar-refractivity contribution in [2.45, 2.75) is 12.5 Å². The van der Waals surface area contributed by atoms with E-state index in [1.165, 1.54) is 0 Å². The van der Waals surface area contributed by atoms with Gasteiger partial charge in [0, 0.05) is 12.6 Å². The van der Waals surface area contributed by atoms with E-state index in [-0.39, 0.29) is 12.6 Å². The topological polar surface area (TPSA) is 41.9 Å². The summed E-state index contributed by atoms with van der Waals surface area (Å²) in [6.07, 6.45) is 0.715. The van der Waals surface area contributed by atoms with Gasteiger partial charge in [-0.25, -0.2) is 0 Å². The Balaban J connectivity index is 2.25. The molecule has 0 aliphatic carbocycles. The van der Waals surface area contributed by atoms with Crippen LogP contribution in [0, 0.1) is 0 Å². The van der Waals surface area contributed by atoms with Crippen molar-refractivity contribution in [3.05, 3.63) is 23.8 Å². The maximum atomic E-state index is 9.10. The summed E-state index contributed by atoms with van der Waals surface area (Å²) in [4.78, 5) is 2.10. The lowest BCUT2D eigenvalue weighted by molar-refractivity contribution is 0.170. The summed E-state index contributed by atoms with van der Waals surface area (Å²) >= 11 is 0. The van der Waals surface area contributed by atoms with Gasteiger partial charge in [-0.1, -0.05) is 6.07 Å². The van der Waals surface area contributed by atoms with Crippen molar-refractivity contribution < 1.29 is 14.6 Å². The third kappa shape index (κ3) is 2.70. The van der Waals surface area contributed by atoms with Crippen molar-refractivity contribution in [1.82, 2.24) is 4.90 Å². The van der Waals surface area contributed by atoms with Crippen molar-refractivity contribution >= 4 is 0 Å². The first-order valence-electron chi connectivity index (χ1n) is 5.89. The molecule has 4 nitrogen and oxygen atoms in total. The summed E-state index contributed by atoms with van der Waals surface area (Å²) in [5.74, 6) is 1.61. The number of aliphatic hydroxyl groups excluding tert-OH is 1. The molecule has 0 radical (unpaired) electrons. The van der Waals surface area contributed by atoms with Crippen LogP contribution in [-0.4, -0.2) is 43.9 Å². The van der Waals surface area contributed by atoms with Gasteiger partial charge in [0.1, 0.15) is 13.2 Å². The zero-order valence-corrected chi connectivity index (χ0v) is 10.3. The largest absolute Gasteiger partial charge is 0.486 e. The number of hydrogen-bond acceptors (Lipinski definition) is 4. The van der Waals surface area contributed by atoms with E-state index < -0.39 is 0 Å². The van der Waals surface area contributed by atoms with Gasteiger partial charge >= 0.3 is 0 Å². The molecule has 94 valence electrons. The van der Waals surface area contributed by atoms with Gasteiger partial charge in [-0.3, -0.25) is 0 Å². The molecule has 1 N–H and O–H groups in total. The van der Waals surface area contributed by atoms with Crippen LogP contribution in [0.2, 0.25) is 0 Å². The zero-order chi connectivity index (χ0) is 12.3. The average molecular weight is 237 g/mol. The Morgan fingerprint density at radius 3 is 2.59 bits per heavy atom. The molecule has 0 aromatic heterocycles.